The molecule has 0 spiro atoms. The highest BCUT2D eigenvalue weighted by atomic mass is 16.6. The van der Waals surface area contributed by atoms with Gasteiger partial charge in [-0.05, 0) is 36.2 Å². The fourth-order valence-electron chi connectivity index (χ4n) is 1.80. The maximum Gasteiger partial charge on any atom is 0.312 e. The summed E-state index contributed by atoms with van der Waals surface area (Å²) in [6, 6.07) is 12.8. The topological polar surface area (TPSA) is 96.4 Å². The maximum absolute atomic E-state index is 11.0. The molecule has 0 aliphatic carbocycles. The SMILES string of the molecule is N#Cc1ccc(Oc2ccc(CCO)cc2)c([N+](=O)[O-])c1. The summed E-state index contributed by atoms with van der Waals surface area (Å²) in [6.07, 6.45) is 0.539. The lowest BCUT2D eigenvalue weighted by Crippen LogP contribution is -1.95. The van der Waals surface area contributed by atoms with Gasteiger partial charge in [0.05, 0.1) is 16.6 Å². The first-order chi connectivity index (χ1) is 10.1. The summed E-state index contributed by atoms with van der Waals surface area (Å²) in [5, 5.41) is 28.6. The van der Waals surface area contributed by atoms with Crippen LogP contribution < -0.4 is 4.74 Å². The molecule has 0 saturated carbocycles. The standard InChI is InChI=1S/C15H12N2O4/c16-10-12-3-6-15(14(9-12)17(19)20)21-13-4-1-11(2-5-13)7-8-18/h1-6,9,18H,7-8H2. The minimum Gasteiger partial charge on any atom is -0.450 e. The van der Waals surface area contributed by atoms with Gasteiger partial charge in [-0.3, -0.25) is 10.1 Å². The van der Waals surface area contributed by atoms with Gasteiger partial charge in [0.25, 0.3) is 0 Å². The molecule has 0 atom stereocenters. The first kappa shape index (κ1) is 14.5. The van der Waals surface area contributed by atoms with E-state index < -0.39 is 4.92 Å². The zero-order valence-electron chi connectivity index (χ0n) is 11.0. The van der Waals surface area contributed by atoms with Gasteiger partial charge in [-0.2, -0.15) is 5.26 Å². The van der Waals surface area contributed by atoms with Crippen molar-refractivity contribution in [3.63, 3.8) is 0 Å². The average Bonchev–Trinajstić information content (AvgIpc) is 2.49. The fraction of sp³-hybridized carbons (Fsp3) is 0.133. The quantitative estimate of drug-likeness (QED) is 0.672. The van der Waals surface area contributed by atoms with E-state index in [1.807, 2.05) is 6.07 Å². The second-order valence-electron chi connectivity index (χ2n) is 4.27. The van der Waals surface area contributed by atoms with Gasteiger partial charge in [0.1, 0.15) is 5.75 Å². The molecule has 6 nitrogen and oxygen atoms in total. The number of nitriles is 1. The second kappa shape index (κ2) is 6.50. The Morgan fingerprint density at radius 1 is 1.24 bits per heavy atom. The van der Waals surface area contributed by atoms with Crippen molar-refractivity contribution >= 4 is 5.69 Å². The number of nitro groups is 1. The predicted molar refractivity (Wildman–Crippen MR) is 75.1 cm³/mol. The van der Waals surface area contributed by atoms with E-state index in [4.69, 9.17) is 15.1 Å². The summed E-state index contributed by atoms with van der Waals surface area (Å²) in [5.74, 6) is 0.526. The molecule has 6 heteroatoms. The fourth-order valence-corrected chi connectivity index (χ4v) is 1.80. The molecule has 1 N–H and O–H groups in total. The van der Waals surface area contributed by atoms with Gasteiger partial charge in [0.2, 0.25) is 5.75 Å². The van der Waals surface area contributed by atoms with Crippen LogP contribution in [0.3, 0.4) is 0 Å². The number of benzene rings is 2. The molecular weight excluding hydrogens is 272 g/mol. The Balaban J connectivity index is 2.26. The summed E-state index contributed by atoms with van der Waals surface area (Å²) in [7, 11) is 0. The molecule has 0 fully saturated rings. The number of hydrogen-bond donors (Lipinski definition) is 1. The van der Waals surface area contributed by atoms with Crippen molar-refractivity contribution in [1.82, 2.24) is 0 Å². The average molecular weight is 284 g/mol. The monoisotopic (exact) mass is 284 g/mol. The van der Waals surface area contributed by atoms with Gasteiger partial charge in [0, 0.05) is 12.7 Å². The van der Waals surface area contributed by atoms with Crippen LogP contribution in [-0.2, 0) is 6.42 Å². The van der Waals surface area contributed by atoms with Crippen LogP contribution in [0.25, 0.3) is 0 Å². The zero-order valence-corrected chi connectivity index (χ0v) is 11.0. The van der Waals surface area contributed by atoms with E-state index in [9.17, 15) is 10.1 Å². The third kappa shape index (κ3) is 3.55. The van der Waals surface area contributed by atoms with E-state index in [-0.39, 0.29) is 23.6 Å². The second-order valence-corrected chi connectivity index (χ2v) is 4.27. The van der Waals surface area contributed by atoms with E-state index in [1.54, 1.807) is 24.3 Å². The Labute approximate surface area is 121 Å². The molecule has 0 aliphatic rings. The van der Waals surface area contributed by atoms with Crippen LogP contribution in [0.5, 0.6) is 11.5 Å². The van der Waals surface area contributed by atoms with E-state index >= 15 is 0 Å². The zero-order chi connectivity index (χ0) is 15.2. The van der Waals surface area contributed by atoms with Crippen LogP contribution in [0, 0.1) is 21.4 Å². The third-order valence-corrected chi connectivity index (χ3v) is 2.84. The molecule has 2 rings (SSSR count). The number of nitrogens with zero attached hydrogens (tertiary/aromatic N) is 2. The number of aliphatic hydroxyl groups excluding tert-OH is 1. The molecular formula is C15H12N2O4. The Hall–Kier alpha value is -2.91. The van der Waals surface area contributed by atoms with Crippen LogP contribution in [0.2, 0.25) is 0 Å². The first-order valence-corrected chi connectivity index (χ1v) is 6.20. The van der Waals surface area contributed by atoms with E-state index in [2.05, 4.69) is 0 Å². The van der Waals surface area contributed by atoms with Gasteiger partial charge in [-0.15, -0.1) is 0 Å². The summed E-state index contributed by atoms with van der Waals surface area (Å²) < 4.78 is 5.49. The normalized spacial score (nSPS) is 9.90. The Morgan fingerprint density at radius 3 is 2.52 bits per heavy atom. The summed E-state index contributed by atoms with van der Waals surface area (Å²) in [6.45, 7) is 0.0568. The van der Waals surface area contributed by atoms with Gasteiger partial charge >= 0.3 is 5.69 Å². The van der Waals surface area contributed by atoms with E-state index in [1.165, 1.54) is 18.2 Å². The van der Waals surface area contributed by atoms with Crippen molar-refractivity contribution in [2.75, 3.05) is 6.61 Å². The number of rotatable bonds is 5. The highest BCUT2D eigenvalue weighted by Crippen LogP contribution is 2.32. The first-order valence-electron chi connectivity index (χ1n) is 6.20. The Morgan fingerprint density at radius 2 is 1.95 bits per heavy atom. The highest BCUT2D eigenvalue weighted by Gasteiger charge is 2.16. The molecule has 21 heavy (non-hydrogen) atoms. The van der Waals surface area contributed by atoms with Crippen LogP contribution in [0.15, 0.2) is 42.5 Å². The van der Waals surface area contributed by atoms with Crippen LogP contribution >= 0.6 is 0 Å². The van der Waals surface area contributed by atoms with E-state index in [0.717, 1.165) is 5.56 Å². The smallest absolute Gasteiger partial charge is 0.312 e. The lowest BCUT2D eigenvalue weighted by Gasteiger charge is -2.07. The number of hydrogen-bond acceptors (Lipinski definition) is 5. The number of nitro benzene ring substituents is 1. The van der Waals surface area contributed by atoms with Gasteiger partial charge < -0.3 is 9.84 Å². The number of ether oxygens (including phenoxy) is 1. The molecule has 0 bridgehead atoms. The number of aliphatic hydroxyl groups is 1. The molecule has 0 radical (unpaired) electrons. The lowest BCUT2D eigenvalue weighted by atomic mass is 10.1. The Bertz CT molecular complexity index is 690. The molecule has 106 valence electrons. The third-order valence-electron chi connectivity index (χ3n) is 2.84. The van der Waals surface area contributed by atoms with Crippen LogP contribution in [0.1, 0.15) is 11.1 Å². The molecule has 0 aliphatic heterocycles. The van der Waals surface area contributed by atoms with Crippen molar-refractivity contribution in [3.8, 4) is 17.6 Å². The predicted octanol–water partition coefficient (Wildman–Crippen LogP) is 2.79. The minimum absolute atomic E-state index is 0.0568. The summed E-state index contributed by atoms with van der Waals surface area (Å²) >= 11 is 0. The molecule has 0 saturated heterocycles. The van der Waals surface area contributed by atoms with Gasteiger partial charge in [-0.25, -0.2) is 0 Å². The minimum atomic E-state index is -0.587. The van der Waals surface area contributed by atoms with Gasteiger partial charge in [0.15, 0.2) is 0 Å². The Kier molecular flexibility index (Phi) is 4.49. The highest BCUT2D eigenvalue weighted by molar-refractivity contribution is 5.53. The summed E-state index contributed by atoms with van der Waals surface area (Å²) in [4.78, 5) is 10.4. The lowest BCUT2D eigenvalue weighted by molar-refractivity contribution is -0.385. The van der Waals surface area contributed by atoms with Gasteiger partial charge in [-0.1, -0.05) is 12.1 Å². The molecule has 0 aromatic heterocycles. The molecule has 2 aromatic carbocycles. The van der Waals surface area contributed by atoms with Crippen molar-refractivity contribution in [2.24, 2.45) is 0 Å². The largest absolute Gasteiger partial charge is 0.450 e. The van der Waals surface area contributed by atoms with Crippen molar-refractivity contribution in [2.45, 2.75) is 6.42 Å². The molecule has 0 heterocycles. The summed E-state index contributed by atoms with van der Waals surface area (Å²) in [5.41, 5.74) is 0.889. The maximum atomic E-state index is 11.0. The molecule has 0 amide bonds. The van der Waals surface area contributed by atoms with E-state index in [0.29, 0.717) is 12.2 Å². The van der Waals surface area contributed by atoms with Crippen molar-refractivity contribution in [3.05, 3.63) is 63.7 Å². The molecule has 2 aromatic rings. The van der Waals surface area contributed by atoms with Crippen molar-refractivity contribution < 1.29 is 14.8 Å². The molecule has 0 unspecified atom stereocenters. The van der Waals surface area contributed by atoms with Crippen LogP contribution in [0.4, 0.5) is 5.69 Å². The van der Waals surface area contributed by atoms with Crippen LogP contribution in [-0.4, -0.2) is 16.6 Å². The van der Waals surface area contributed by atoms with Crippen molar-refractivity contribution in [1.29, 1.82) is 5.26 Å².